The van der Waals surface area contributed by atoms with Crippen molar-refractivity contribution in [3.05, 3.63) is 58.4 Å². The van der Waals surface area contributed by atoms with Crippen molar-refractivity contribution in [2.75, 3.05) is 0 Å². The van der Waals surface area contributed by atoms with Crippen LogP contribution in [0.15, 0.2) is 46.2 Å². The van der Waals surface area contributed by atoms with E-state index in [0.717, 1.165) is 12.1 Å². The molecule has 2 aromatic rings. The van der Waals surface area contributed by atoms with Gasteiger partial charge in [0, 0.05) is 5.56 Å². The van der Waals surface area contributed by atoms with Crippen molar-refractivity contribution in [2.24, 2.45) is 0 Å². The smallest absolute Gasteiger partial charge is 0.378 e. The van der Waals surface area contributed by atoms with Crippen LogP contribution in [0.3, 0.4) is 0 Å². The molecule has 0 atom stereocenters. The Morgan fingerprint density at radius 2 is 1.89 bits per heavy atom. The zero-order valence-corrected chi connectivity index (χ0v) is 9.75. The second kappa shape index (κ2) is 4.79. The third kappa shape index (κ3) is 2.62. The molecule has 19 heavy (non-hydrogen) atoms. The second-order valence-electron chi connectivity index (χ2n) is 3.91. The first kappa shape index (κ1) is 13.2. The van der Waals surface area contributed by atoms with E-state index in [1.54, 1.807) is 0 Å². The molecule has 0 saturated carbocycles. The van der Waals surface area contributed by atoms with Gasteiger partial charge in [0.05, 0.1) is 11.1 Å². The summed E-state index contributed by atoms with van der Waals surface area (Å²) >= 11 is 0. The molecule has 3 nitrogen and oxygen atoms in total. The van der Waals surface area contributed by atoms with Gasteiger partial charge in [-0.3, -0.25) is 4.79 Å². The summed E-state index contributed by atoms with van der Waals surface area (Å²) in [6.45, 7) is 3.51. The minimum Gasteiger partial charge on any atom is -0.378 e. The zero-order chi connectivity index (χ0) is 14.0. The Bertz CT molecular complexity index is 635. The Balaban J connectivity index is 2.43. The summed E-state index contributed by atoms with van der Waals surface area (Å²) in [4.78, 5) is 11.5. The first-order valence-electron chi connectivity index (χ1n) is 5.42. The SMILES string of the molecule is C=CCc1c(-c2ccc(C(F)(F)F)cc2)o[nH]c1=O. The second-order valence-corrected chi connectivity index (χ2v) is 3.91. The van der Waals surface area contributed by atoms with Gasteiger partial charge in [-0.05, 0) is 18.6 Å². The normalized spacial score (nSPS) is 11.5. The fraction of sp³-hybridized carbons (Fsp3) is 0.154. The highest BCUT2D eigenvalue weighted by Gasteiger charge is 2.30. The monoisotopic (exact) mass is 269 g/mol. The summed E-state index contributed by atoms with van der Waals surface area (Å²) in [6, 6.07) is 4.42. The molecular formula is C13H10F3NO2. The number of hydrogen-bond acceptors (Lipinski definition) is 2. The first-order valence-corrected chi connectivity index (χ1v) is 5.42. The van der Waals surface area contributed by atoms with Crippen molar-refractivity contribution < 1.29 is 17.7 Å². The van der Waals surface area contributed by atoms with E-state index in [2.05, 4.69) is 11.7 Å². The highest BCUT2D eigenvalue weighted by molar-refractivity contribution is 5.61. The molecule has 0 amide bonds. The van der Waals surface area contributed by atoms with Crippen LogP contribution in [0.2, 0.25) is 0 Å². The molecule has 6 heteroatoms. The molecule has 0 aliphatic heterocycles. The van der Waals surface area contributed by atoms with Gasteiger partial charge in [0.25, 0.3) is 5.56 Å². The average molecular weight is 269 g/mol. The van der Waals surface area contributed by atoms with E-state index in [-0.39, 0.29) is 12.2 Å². The van der Waals surface area contributed by atoms with Crippen molar-refractivity contribution in [3.8, 4) is 11.3 Å². The fourth-order valence-electron chi connectivity index (χ4n) is 1.70. The highest BCUT2D eigenvalue weighted by Crippen LogP contribution is 2.31. The van der Waals surface area contributed by atoms with Crippen LogP contribution in [-0.2, 0) is 12.6 Å². The summed E-state index contributed by atoms with van der Waals surface area (Å²) in [5.74, 6) is 0.235. The summed E-state index contributed by atoms with van der Waals surface area (Å²) < 4.78 is 42.3. The van der Waals surface area contributed by atoms with Gasteiger partial charge in [-0.25, -0.2) is 0 Å². The molecule has 0 aliphatic rings. The molecular weight excluding hydrogens is 259 g/mol. The molecule has 100 valence electrons. The first-order chi connectivity index (χ1) is 8.93. The van der Waals surface area contributed by atoms with Crippen LogP contribution in [0, 0.1) is 0 Å². The number of halogens is 3. The molecule has 0 bridgehead atoms. The van der Waals surface area contributed by atoms with Gasteiger partial charge >= 0.3 is 6.18 Å². The van der Waals surface area contributed by atoms with Crippen LogP contribution < -0.4 is 5.56 Å². The van der Waals surface area contributed by atoms with Crippen LogP contribution in [0.5, 0.6) is 0 Å². The Morgan fingerprint density at radius 3 is 2.42 bits per heavy atom. The van der Waals surface area contributed by atoms with Gasteiger partial charge < -0.3 is 4.52 Å². The largest absolute Gasteiger partial charge is 0.416 e. The van der Waals surface area contributed by atoms with Gasteiger partial charge in [-0.1, -0.05) is 18.2 Å². The van der Waals surface area contributed by atoms with Gasteiger partial charge in [-0.2, -0.15) is 18.3 Å². The van der Waals surface area contributed by atoms with E-state index in [0.29, 0.717) is 11.1 Å². The zero-order valence-electron chi connectivity index (χ0n) is 9.75. The number of hydrogen-bond donors (Lipinski definition) is 1. The number of allylic oxidation sites excluding steroid dienone is 1. The quantitative estimate of drug-likeness (QED) is 0.868. The number of aromatic amines is 1. The van der Waals surface area contributed by atoms with Crippen molar-refractivity contribution in [1.82, 2.24) is 5.16 Å². The molecule has 1 heterocycles. The van der Waals surface area contributed by atoms with Gasteiger partial charge in [-0.15, -0.1) is 6.58 Å². The molecule has 0 fully saturated rings. The molecule has 2 rings (SSSR count). The van der Waals surface area contributed by atoms with Crippen molar-refractivity contribution in [2.45, 2.75) is 12.6 Å². The number of nitrogens with one attached hydrogen (secondary N) is 1. The molecule has 0 aliphatic carbocycles. The average Bonchev–Trinajstić information content (AvgIpc) is 2.71. The summed E-state index contributed by atoms with van der Waals surface area (Å²) in [6.07, 6.45) is -2.59. The van der Waals surface area contributed by atoms with Gasteiger partial charge in [0.2, 0.25) is 0 Å². The van der Waals surface area contributed by atoms with Crippen LogP contribution in [0.1, 0.15) is 11.1 Å². The Hall–Kier alpha value is -2.24. The van der Waals surface area contributed by atoms with Crippen molar-refractivity contribution in [1.29, 1.82) is 0 Å². The van der Waals surface area contributed by atoms with Crippen LogP contribution in [-0.4, -0.2) is 5.16 Å². The van der Waals surface area contributed by atoms with Crippen LogP contribution in [0.25, 0.3) is 11.3 Å². The van der Waals surface area contributed by atoms with E-state index in [4.69, 9.17) is 4.52 Å². The summed E-state index contributed by atoms with van der Waals surface area (Å²) in [7, 11) is 0. The molecule has 0 radical (unpaired) electrons. The van der Waals surface area contributed by atoms with Crippen molar-refractivity contribution in [3.63, 3.8) is 0 Å². The number of aromatic nitrogens is 1. The maximum Gasteiger partial charge on any atom is 0.416 e. The minimum atomic E-state index is -4.39. The van der Waals surface area contributed by atoms with Gasteiger partial charge in [0.1, 0.15) is 0 Å². The van der Waals surface area contributed by atoms with E-state index in [9.17, 15) is 18.0 Å². The van der Waals surface area contributed by atoms with Crippen LogP contribution >= 0.6 is 0 Å². The fourth-order valence-corrected chi connectivity index (χ4v) is 1.70. The van der Waals surface area contributed by atoms with E-state index in [1.807, 2.05) is 0 Å². The van der Waals surface area contributed by atoms with Crippen LogP contribution in [0.4, 0.5) is 13.2 Å². The number of alkyl halides is 3. The van der Waals surface area contributed by atoms with E-state index < -0.39 is 17.3 Å². The highest BCUT2D eigenvalue weighted by atomic mass is 19.4. The lowest BCUT2D eigenvalue weighted by atomic mass is 10.0. The topological polar surface area (TPSA) is 46.0 Å². The molecule has 0 unspecified atom stereocenters. The lowest BCUT2D eigenvalue weighted by Crippen LogP contribution is -2.05. The standard InChI is InChI=1S/C13H10F3NO2/c1-2-3-10-11(19-17-12(10)18)8-4-6-9(7-5-8)13(14,15)16/h2,4-7H,1,3H2,(H,17,18). The summed E-state index contributed by atoms with van der Waals surface area (Å²) in [5, 5.41) is 2.16. The molecule has 1 N–H and O–H groups in total. The Labute approximate surface area is 106 Å². The number of rotatable bonds is 3. The molecule has 0 spiro atoms. The Kier molecular flexibility index (Phi) is 3.33. The third-order valence-electron chi connectivity index (χ3n) is 2.62. The lowest BCUT2D eigenvalue weighted by molar-refractivity contribution is -0.137. The number of benzene rings is 1. The maximum atomic E-state index is 12.4. The lowest BCUT2D eigenvalue weighted by Gasteiger charge is -2.06. The van der Waals surface area contributed by atoms with Gasteiger partial charge in [0.15, 0.2) is 5.76 Å². The predicted octanol–water partition coefficient (Wildman–Crippen LogP) is 3.38. The van der Waals surface area contributed by atoms with Crippen molar-refractivity contribution >= 4 is 0 Å². The van der Waals surface area contributed by atoms with E-state index in [1.165, 1.54) is 18.2 Å². The molecule has 0 saturated heterocycles. The molecule has 1 aromatic heterocycles. The maximum absolute atomic E-state index is 12.4. The Morgan fingerprint density at radius 1 is 1.26 bits per heavy atom. The third-order valence-corrected chi connectivity index (χ3v) is 2.62. The molecule has 1 aromatic carbocycles. The predicted molar refractivity (Wildman–Crippen MR) is 63.7 cm³/mol. The minimum absolute atomic E-state index is 0.235. The summed E-state index contributed by atoms with van der Waals surface area (Å²) in [5.41, 5.74) is -0.410. The van der Waals surface area contributed by atoms with E-state index >= 15 is 0 Å². The number of H-pyrrole nitrogens is 1.